The van der Waals surface area contributed by atoms with Crippen LogP contribution in [0.4, 0.5) is 0 Å². The van der Waals surface area contributed by atoms with E-state index in [0.717, 1.165) is 34.5 Å². The number of rotatable bonds is 4. The highest BCUT2D eigenvalue weighted by molar-refractivity contribution is 9.10. The van der Waals surface area contributed by atoms with E-state index in [2.05, 4.69) is 38.3 Å². The number of amides is 1. The minimum Gasteiger partial charge on any atom is -0.454 e. The van der Waals surface area contributed by atoms with Crippen LogP contribution in [0.15, 0.2) is 21.0 Å². The molecule has 0 radical (unpaired) electrons. The molecule has 0 saturated carbocycles. The van der Waals surface area contributed by atoms with E-state index < -0.39 is 0 Å². The number of fused-ring (bicyclic) bond motifs is 2. The average Bonchev–Trinajstić information content (AvgIpc) is 3.21. The van der Waals surface area contributed by atoms with Crippen LogP contribution in [-0.2, 0) is 6.54 Å². The average molecular weight is 421 g/mol. The maximum atomic E-state index is 12.6. The molecule has 2 atom stereocenters. The number of hydrogen-bond donors (Lipinski definition) is 1. The Morgan fingerprint density at radius 2 is 2.00 bits per heavy atom. The van der Waals surface area contributed by atoms with E-state index in [9.17, 15) is 4.79 Å². The minimum absolute atomic E-state index is 0.111. The van der Waals surface area contributed by atoms with Crippen LogP contribution in [0.25, 0.3) is 0 Å². The maximum absolute atomic E-state index is 12.6. The molecule has 1 amide bonds. The first-order chi connectivity index (χ1) is 12.4. The number of piperidine rings is 1. The Bertz CT molecular complexity index is 814. The molecule has 0 aliphatic carbocycles. The number of halogens is 1. The lowest BCUT2D eigenvalue weighted by molar-refractivity contribution is 0.0853. The van der Waals surface area contributed by atoms with Gasteiger partial charge in [-0.2, -0.15) is 5.10 Å². The Hall–Kier alpha value is -1.60. The van der Waals surface area contributed by atoms with Crippen molar-refractivity contribution >= 4 is 21.8 Å². The van der Waals surface area contributed by atoms with Crippen molar-refractivity contribution in [3.8, 4) is 0 Å². The molecule has 140 valence electrons. The van der Waals surface area contributed by atoms with Crippen molar-refractivity contribution in [3.63, 3.8) is 0 Å². The highest BCUT2D eigenvalue weighted by atomic mass is 79.9. The van der Waals surface area contributed by atoms with Gasteiger partial charge in [-0.3, -0.25) is 9.48 Å². The maximum Gasteiger partial charge on any atom is 0.287 e. The molecule has 4 heterocycles. The lowest BCUT2D eigenvalue weighted by Gasteiger charge is -2.36. The quantitative estimate of drug-likeness (QED) is 0.824. The number of nitrogens with zero attached hydrogens (tertiary/aromatic N) is 3. The summed E-state index contributed by atoms with van der Waals surface area (Å²) in [6, 6.07) is 5.08. The molecule has 2 bridgehead atoms. The molecule has 2 unspecified atom stereocenters. The van der Waals surface area contributed by atoms with E-state index in [1.165, 1.54) is 12.8 Å². The van der Waals surface area contributed by atoms with Gasteiger partial charge >= 0.3 is 0 Å². The number of hydrogen-bond acceptors (Lipinski definition) is 4. The molecular formula is C19H25BrN4O2. The van der Waals surface area contributed by atoms with Crippen LogP contribution in [0.5, 0.6) is 0 Å². The molecule has 2 aromatic rings. The van der Waals surface area contributed by atoms with E-state index in [-0.39, 0.29) is 11.9 Å². The van der Waals surface area contributed by atoms with E-state index in [1.54, 1.807) is 6.07 Å². The molecular weight excluding hydrogens is 396 g/mol. The fourth-order valence-corrected chi connectivity index (χ4v) is 4.63. The van der Waals surface area contributed by atoms with Crippen molar-refractivity contribution in [2.75, 3.05) is 7.05 Å². The summed E-state index contributed by atoms with van der Waals surface area (Å²) in [6.45, 7) is 4.49. The van der Waals surface area contributed by atoms with Crippen LogP contribution in [-0.4, -0.2) is 45.8 Å². The van der Waals surface area contributed by atoms with Gasteiger partial charge in [-0.1, -0.05) is 0 Å². The fourth-order valence-electron chi connectivity index (χ4n) is 4.35. The van der Waals surface area contributed by atoms with Gasteiger partial charge in [0, 0.05) is 18.1 Å². The molecule has 6 nitrogen and oxygen atoms in total. The molecule has 2 fully saturated rings. The number of carbonyl (C=O) groups excluding carboxylic acids is 1. The summed E-state index contributed by atoms with van der Waals surface area (Å²) in [4.78, 5) is 15.0. The van der Waals surface area contributed by atoms with Gasteiger partial charge in [0.15, 0.2) is 5.76 Å². The predicted molar refractivity (Wildman–Crippen MR) is 102 cm³/mol. The van der Waals surface area contributed by atoms with E-state index in [1.807, 2.05) is 24.6 Å². The zero-order valence-electron chi connectivity index (χ0n) is 15.5. The normalized spacial score (nSPS) is 25.6. The Morgan fingerprint density at radius 3 is 2.62 bits per heavy atom. The molecule has 1 N–H and O–H groups in total. The third-order valence-corrected chi connectivity index (χ3v) is 7.07. The SMILES string of the molecule is Cc1nn(Cc2ccc(C(=O)NC3CC4CCC(C3)N4C)o2)c(C)c1Br. The molecule has 2 aliphatic rings. The second-order valence-corrected chi connectivity index (χ2v) is 8.39. The summed E-state index contributed by atoms with van der Waals surface area (Å²) in [6.07, 6.45) is 4.56. The van der Waals surface area contributed by atoms with Gasteiger partial charge in [-0.15, -0.1) is 0 Å². The van der Waals surface area contributed by atoms with Crippen molar-refractivity contribution in [2.24, 2.45) is 0 Å². The number of nitrogens with one attached hydrogen (secondary N) is 1. The van der Waals surface area contributed by atoms with Gasteiger partial charge in [0.1, 0.15) is 5.76 Å². The smallest absolute Gasteiger partial charge is 0.287 e. The van der Waals surface area contributed by atoms with E-state index in [0.29, 0.717) is 24.4 Å². The lowest BCUT2D eigenvalue weighted by atomic mass is 9.98. The van der Waals surface area contributed by atoms with Gasteiger partial charge in [0.05, 0.1) is 22.4 Å². The van der Waals surface area contributed by atoms with Gasteiger partial charge in [-0.25, -0.2) is 0 Å². The van der Waals surface area contributed by atoms with Gasteiger partial charge in [-0.05, 0) is 74.6 Å². The van der Waals surface area contributed by atoms with Crippen LogP contribution in [0.2, 0.25) is 0 Å². The third kappa shape index (κ3) is 3.22. The van der Waals surface area contributed by atoms with Crippen molar-refractivity contribution < 1.29 is 9.21 Å². The topological polar surface area (TPSA) is 63.3 Å². The predicted octanol–water partition coefficient (Wildman–Crippen LogP) is 3.26. The highest BCUT2D eigenvalue weighted by Crippen LogP contribution is 2.34. The molecule has 26 heavy (non-hydrogen) atoms. The van der Waals surface area contributed by atoms with Crippen molar-refractivity contribution in [1.29, 1.82) is 0 Å². The number of carbonyl (C=O) groups is 1. The first-order valence-electron chi connectivity index (χ1n) is 9.23. The molecule has 0 spiro atoms. The van der Waals surface area contributed by atoms with Crippen LogP contribution in [0.3, 0.4) is 0 Å². The number of aryl methyl sites for hydroxylation is 1. The second-order valence-electron chi connectivity index (χ2n) is 7.60. The zero-order chi connectivity index (χ0) is 18.4. The molecule has 0 aromatic carbocycles. The Kier molecular flexibility index (Phi) is 4.69. The van der Waals surface area contributed by atoms with Crippen LogP contribution in [0, 0.1) is 13.8 Å². The van der Waals surface area contributed by atoms with Crippen LogP contribution >= 0.6 is 15.9 Å². The number of furan rings is 1. The van der Waals surface area contributed by atoms with Crippen LogP contribution < -0.4 is 5.32 Å². The van der Waals surface area contributed by atoms with Crippen molar-refractivity contribution in [2.45, 2.75) is 64.2 Å². The van der Waals surface area contributed by atoms with Gasteiger partial charge in [0.25, 0.3) is 5.91 Å². The van der Waals surface area contributed by atoms with Crippen molar-refractivity contribution in [1.82, 2.24) is 20.0 Å². The molecule has 2 aliphatic heterocycles. The first-order valence-corrected chi connectivity index (χ1v) is 10.0. The van der Waals surface area contributed by atoms with Crippen molar-refractivity contribution in [3.05, 3.63) is 39.5 Å². The monoisotopic (exact) mass is 420 g/mol. The molecule has 2 aromatic heterocycles. The van der Waals surface area contributed by atoms with E-state index >= 15 is 0 Å². The number of aromatic nitrogens is 2. The highest BCUT2D eigenvalue weighted by Gasteiger charge is 2.39. The second kappa shape index (κ2) is 6.85. The summed E-state index contributed by atoms with van der Waals surface area (Å²) in [7, 11) is 2.20. The lowest BCUT2D eigenvalue weighted by Crippen LogP contribution is -2.48. The summed E-state index contributed by atoms with van der Waals surface area (Å²) < 4.78 is 8.68. The Balaban J connectivity index is 1.40. The summed E-state index contributed by atoms with van der Waals surface area (Å²) in [5.41, 5.74) is 2.00. The fraction of sp³-hybridized carbons (Fsp3) is 0.579. The molecule has 4 rings (SSSR count). The first kappa shape index (κ1) is 17.8. The van der Waals surface area contributed by atoms with Gasteiger partial charge in [0.2, 0.25) is 0 Å². The van der Waals surface area contributed by atoms with E-state index in [4.69, 9.17) is 4.42 Å². The molecule has 2 saturated heterocycles. The summed E-state index contributed by atoms with van der Waals surface area (Å²) in [5.74, 6) is 1.00. The Morgan fingerprint density at radius 1 is 1.31 bits per heavy atom. The molecule has 7 heteroatoms. The Labute approximate surface area is 162 Å². The minimum atomic E-state index is -0.111. The largest absolute Gasteiger partial charge is 0.454 e. The summed E-state index contributed by atoms with van der Waals surface area (Å²) >= 11 is 3.53. The summed E-state index contributed by atoms with van der Waals surface area (Å²) in [5, 5.41) is 7.66. The van der Waals surface area contributed by atoms with Crippen LogP contribution in [0.1, 0.15) is 53.4 Å². The third-order valence-electron chi connectivity index (χ3n) is 5.92. The zero-order valence-corrected chi connectivity index (χ0v) is 17.0. The van der Waals surface area contributed by atoms with Gasteiger partial charge < -0.3 is 14.6 Å². The standard InChI is InChI=1S/C19H25BrN4O2/c1-11-18(20)12(2)24(22-11)10-16-6-7-17(26-16)19(25)21-13-8-14-4-5-15(9-13)23(14)3/h6-7,13-15H,4-5,8-10H2,1-3H3,(H,21,25).